The highest BCUT2D eigenvalue weighted by atomic mass is 32.2. The number of aromatic nitrogens is 2. The van der Waals surface area contributed by atoms with E-state index in [1.54, 1.807) is 12.4 Å². The highest BCUT2D eigenvalue weighted by Crippen LogP contribution is 2.06. The molecule has 0 saturated heterocycles. The molecule has 0 atom stereocenters. The van der Waals surface area contributed by atoms with Crippen LogP contribution < -0.4 is 5.73 Å². The summed E-state index contributed by atoms with van der Waals surface area (Å²) in [5.41, 5.74) is 6.06. The molecule has 0 aliphatic rings. The summed E-state index contributed by atoms with van der Waals surface area (Å²) in [6.45, 7) is 0. The molecule has 2 N–H and O–H groups in total. The second-order valence-corrected chi connectivity index (χ2v) is 3.04. The number of nitrogens with zero attached hydrogens (tertiary/aromatic N) is 2. The van der Waals surface area contributed by atoms with E-state index in [1.807, 2.05) is 6.26 Å². The summed E-state index contributed by atoms with van der Waals surface area (Å²) in [5, 5.41) is 0.727. The van der Waals surface area contributed by atoms with Gasteiger partial charge in [0.25, 0.3) is 0 Å². The molecule has 0 aliphatic heterocycles. The topological polar surface area (TPSA) is 51.8 Å². The van der Waals surface area contributed by atoms with Crippen LogP contribution in [-0.4, -0.2) is 21.2 Å². The minimum absolute atomic E-state index is 0.331. The van der Waals surface area contributed by atoms with Crippen molar-refractivity contribution in [3.8, 4) is 0 Å². The molecule has 0 bridgehead atoms. The lowest BCUT2D eigenvalue weighted by Gasteiger charge is -1.96. The van der Waals surface area contributed by atoms with Crippen LogP contribution in [0.1, 0.15) is 5.56 Å². The zero-order chi connectivity index (χ0) is 8.27. The molecule has 1 aromatic heterocycles. The first kappa shape index (κ1) is 8.42. The third-order valence-corrected chi connectivity index (χ3v) is 1.91. The van der Waals surface area contributed by atoms with Crippen LogP contribution in [0.3, 0.4) is 0 Å². The number of thiocarbonyl (C=S) groups is 1. The maximum Gasteiger partial charge on any atom is 0.187 e. The molecule has 0 amide bonds. The summed E-state index contributed by atoms with van der Waals surface area (Å²) < 4.78 is 0. The average molecular weight is 185 g/mol. The Hall–Kier alpha value is -0.680. The first-order valence-electron chi connectivity index (χ1n) is 2.90. The lowest BCUT2D eigenvalue weighted by Crippen LogP contribution is -2.10. The van der Waals surface area contributed by atoms with Gasteiger partial charge >= 0.3 is 0 Å². The van der Waals surface area contributed by atoms with Gasteiger partial charge in [0.2, 0.25) is 0 Å². The fraction of sp³-hybridized carbons (Fsp3) is 0.167. The highest BCUT2D eigenvalue weighted by Gasteiger charge is 1.97. The summed E-state index contributed by atoms with van der Waals surface area (Å²) in [6.07, 6.45) is 5.16. The van der Waals surface area contributed by atoms with Crippen molar-refractivity contribution in [2.75, 3.05) is 6.26 Å². The van der Waals surface area contributed by atoms with E-state index in [2.05, 4.69) is 9.97 Å². The van der Waals surface area contributed by atoms with E-state index in [1.165, 1.54) is 11.8 Å². The van der Waals surface area contributed by atoms with Crippen molar-refractivity contribution in [2.24, 2.45) is 5.73 Å². The van der Waals surface area contributed by atoms with Crippen LogP contribution >= 0.6 is 24.0 Å². The predicted octanol–water partition coefficient (Wildman–Crippen LogP) is 0.833. The molecule has 0 saturated carbocycles. The van der Waals surface area contributed by atoms with Gasteiger partial charge in [0.05, 0.1) is 0 Å². The van der Waals surface area contributed by atoms with Gasteiger partial charge < -0.3 is 5.73 Å². The largest absolute Gasteiger partial charge is 0.389 e. The van der Waals surface area contributed by atoms with E-state index in [0.717, 1.165) is 5.16 Å². The van der Waals surface area contributed by atoms with Crippen molar-refractivity contribution < 1.29 is 0 Å². The molecule has 3 nitrogen and oxygen atoms in total. The van der Waals surface area contributed by atoms with Crippen molar-refractivity contribution >= 4 is 29.0 Å². The second-order valence-electron chi connectivity index (χ2n) is 1.82. The second kappa shape index (κ2) is 3.64. The van der Waals surface area contributed by atoms with Gasteiger partial charge in [-0.05, 0) is 6.26 Å². The minimum Gasteiger partial charge on any atom is -0.389 e. The van der Waals surface area contributed by atoms with Gasteiger partial charge in [0.1, 0.15) is 4.99 Å². The SMILES string of the molecule is CSc1ncc(C(N)=S)cn1. The molecule has 1 heterocycles. The molecule has 1 rings (SSSR count). The zero-order valence-corrected chi connectivity index (χ0v) is 7.58. The molecule has 58 valence electrons. The molecule has 0 unspecified atom stereocenters. The minimum atomic E-state index is 0.331. The van der Waals surface area contributed by atoms with Crippen molar-refractivity contribution in [3.63, 3.8) is 0 Å². The van der Waals surface area contributed by atoms with Crippen molar-refractivity contribution in [3.05, 3.63) is 18.0 Å². The van der Waals surface area contributed by atoms with E-state index in [-0.39, 0.29) is 0 Å². The van der Waals surface area contributed by atoms with E-state index < -0.39 is 0 Å². The highest BCUT2D eigenvalue weighted by molar-refractivity contribution is 7.98. The fourth-order valence-corrected chi connectivity index (χ4v) is 0.970. The molecule has 0 aliphatic carbocycles. The van der Waals surface area contributed by atoms with Gasteiger partial charge in [0.15, 0.2) is 5.16 Å². The normalized spacial score (nSPS) is 9.55. The average Bonchev–Trinajstić information content (AvgIpc) is 2.05. The van der Waals surface area contributed by atoms with Crippen LogP contribution in [0.4, 0.5) is 0 Å². The number of hydrogen-bond acceptors (Lipinski definition) is 4. The molecule has 11 heavy (non-hydrogen) atoms. The molecule has 1 aromatic rings. The predicted molar refractivity (Wildman–Crippen MR) is 49.7 cm³/mol. The van der Waals surface area contributed by atoms with Crippen molar-refractivity contribution in [1.29, 1.82) is 0 Å². The van der Waals surface area contributed by atoms with Gasteiger partial charge in [-0.15, -0.1) is 0 Å². The molecule has 0 spiro atoms. The van der Waals surface area contributed by atoms with Crippen molar-refractivity contribution in [1.82, 2.24) is 9.97 Å². The number of hydrogen-bond donors (Lipinski definition) is 1. The van der Waals surface area contributed by atoms with Crippen molar-refractivity contribution in [2.45, 2.75) is 5.16 Å². The molecule has 0 radical (unpaired) electrons. The summed E-state index contributed by atoms with van der Waals surface area (Å²) in [5.74, 6) is 0. The molecule has 0 fully saturated rings. The summed E-state index contributed by atoms with van der Waals surface area (Å²) >= 11 is 6.22. The molecule has 5 heteroatoms. The zero-order valence-electron chi connectivity index (χ0n) is 5.94. The lowest BCUT2D eigenvalue weighted by molar-refractivity contribution is 0.966. The van der Waals surface area contributed by atoms with Crippen LogP contribution in [0.25, 0.3) is 0 Å². The van der Waals surface area contributed by atoms with Gasteiger partial charge in [-0.2, -0.15) is 0 Å². The van der Waals surface area contributed by atoms with Crippen LogP contribution in [0.5, 0.6) is 0 Å². The number of rotatable bonds is 2. The third kappa shape index (κ3) is 2.13. The first-order valence-corrected chi connectivity index (χ1v) is 4.53. The van der Waals surface area contributed by atoms with Crippen LogP contribution in [0, 0.1) is 0 Å². The Bertz CT molecular complexity index is 257. The number of thioether (sulfide) groups is 1. The van der Waals surface area contributed by atoms with E-state index in [4.69, 9.17) is 18.0 Å². The van der Waals surface area contributed by atoms with Gasteiger partial charge in [-0.3, -0.25) is 0 Å². The Balaban J connectivity index is 2.91. The summed E-state index contributed by atoms with van der Waals surface area (Å²) in [6, 6.07) is 0. The van der Waals surface area contributed by atoms with Gasteiger partial charge in [-0.1, -0.05) is 24.0 Å². The van der Waals surface area contributed by atoms with Crippen LogP contribution in [0.15, 0.2) is 17.6 Å². The quantitative estimate of drug-likeness (QED) is 0.420. The molecule has 0 aromatic carbocycles. The fourth-order valence-electron chi connectivity index (χ4n) is 0.549. The Morgan fingerprint density at radius 2 is 2.09 bits per heavy atom. The molecular weight excluding hydrogens is 178 g/mol. The lowest BCUT2D eigenvalue weighted by atomic mass is 10.3. The third-order valence-electron chi connectivity index (χ3n) is 1.10. The maximum absolute atomic E-state index is 5.35. The Morgan fingerprint density at radius 3 is 2.45 bits per heavy atom. The maximum atomic E-state index is 5.35. The van der Waals surface area contributed by atoms with E-state index in [9.17, 15) is 0 Å². The van der Waals surface area contributed by atoms with Crippen LogP contribution in [0.2, 0.25) is 0 Å². The number of nitrogens with two attached hydrogens (primary N) is 1. The van der Waals surface area contributed by atoms with Crippen LogP contribution in [-0.2, 0) is 0 Å². The first-order chi connectivity index (χ1) is 5.24. The molecular formula is C6H7N3S2. The Labute approximate surface area is 74.4 Å². The Morgan fingerprint density at radius 1 is 1.55 bits per heavy atom. The smallest absolute Gasteiger partial charge is 0.187 e. The van der Waals surface area contributed by atoms with E-state index >= 15 is 0 Å². The summed E-state index contributed by atoms with van der Waals surface area (Å²) in [4.78, 5) is 8.34. The summed E-state index contributed by atoms with van der Waals surface area (Å²) in [7, 11) is 0. The van der Waals surface area contributed by atoms with Gasteiger partial charge in [-0.25, -0.2) is 9.97 Å². The standard InChI is InChI=1S/C6H7N3S2/c1-11-6-8-2-4(3-9-6)5(7)10/h2-3H,1H3,(H2,7,10). The van der Waals surface area contributed by atoms with E-state index in [0.29, 0.717) is 10.6 Å². The van der Waals surface area contributed by atoms with Gasteiger partial charge in [0, 0.05) is 18.0 Å². The Kier molecular flexibility index (Phi) is 2.78. The monoisotopic (exact) mass is 185 g/mol.